The van der Waals surface area contributed by atoms with E-state index in [2.05, 4.69) is 40.5 Å². The molecule has 2 heterocycles. The van der Waals surface area contributed by atoms with Gasteiger partial charge in [0.25, 0.3) is 5.91 Å². The fraction of sp³-hybridized carbons (Fsp3) is 0.250. The molecule has 0 saturated carbocycles. The highest BCUT2D eigenvalue weighted by molar-refractivity contribution is 6.08. The Bertz CT molecular complexity index is 1360. The van der Waals surface area contributed by atoms with Crippen molar-refractivity contribution in [1.82, 2.24) is 4.98 Å². The molecule has 0 fully saturated rings. The van der Waals surface area contributed by atoms with Gasteiger partial charge in [0.2, 0.25) is 0 Å². The van der Waals surface area contributed by atoms with Crippen LogP contribution in [0, 0.1) is 5.53 Å². The quantitative estimate of drug-likeness (QED) is 0.214. The minimum absolute atomic E-state index is 0.0491. The lowest BCUT2D eigenvalue weighted by Gasteiger charge is -2.23. The van der Waals surface area contributed by atoms with Gasteiger partial charge in [0.1, 0.15) is 5.75 Å². The second-order valence-corrected chi connectivity index (χ2v) is 8.88. The molecule has 4 aromatic rings. The Labute approximate surface area is 204 Å². The van der Waals surface area contributed by atoms with Crippen molar-refractivity contribution >= 4 is 28.2 Å². The number of fused-ring (bicyclic) bond motifs is 2. The molecule has 0 saturated heterocycles. The Balaban J connectivity index is 1.50. The summed E-state index contributed by atoms with van der Waals surface area (Å²) in [6.07, 6.45) is 3.42. The molecule has 1 aromatic heterocycles. The fourth-order valence-electron chi connectivity index (χ4n) is 4.54. The minimum Gasteiger partial charge on any atom is -0.493 e. The van der Waals surface area contributed by atoms with Crippen LogP contribution >= 0.6 is 0 Å². The van der Waals surface area contributed by atoms with Crippen molar-refractivity contribution in [1.29, 1.82) is 5.53 Å². The summed E-state index contributed by atoms with van der Waals surface area (Å²) < 4.78 is 6.14. The molecule has 1 aliphatic rings. The zero-order valence-corrected chi connectivity index (χ0v) is 19.8. The van der Waals surface area contributed by atoms with E-state index in [0.29, 0.717) is 37.4 Å². The number of aromatic amines is 1. The molecule has 0 spiro atoms. The number of hydrogen-bond donors (Lipinski definition) is 3. The molecule has 7 nitrogen and oxygen atoms in total. The van der Waals surface area contributed by atoms with Gasteiger partial charge in [-0.25, -0.2) is 5.53 Å². The molecule has 178 valence electrons. The zero-order valence-electron chi connectivity index (χ0n) is 19.8. The van der Waals surface area contributed by atoms with Gasteiger partial charge >= 0.3 is 0 Å². The molecule has 1 atom stereocenters. The highest BCUT2D eigenvalue weighted by atomic mass is 16.5. The summed E-state index contributed by atoms with van der Waals surface area (Å²) in [6.45, 7) is 3.61. The van der Waals surface area contributed by atoms with E-state index >= 15 is 0 Å². The number of nitrogens with one attached hydrogen (secondary N) is 3. The summed E-state index contributed by atoms with van der Waals surface area (Å²) >= 11 is 0. The van der Waals surface area contributed by atoms with Gasteiger partial charge in [-0.3, -0.25) is 4.79 Å². The molecule has 5 rings (SSSR count). The van der Waals surface area contributed by atoms with Gasteiger partial charge in [-0.15, -0.1) is 0 Å². The predicted octanol–water partition coefficient (Wildman–Crippen LogP) is 6.49. The first kappa shape index (κ1) is 22.7. The number of rotatable bonds is 7. The van der Waals surface area contributed by atoms with Crippen molar-refractivity contribution in [2.75, 3.05) is 29.9 Å². The van der Waals surface area contributed by atoms with E-state index in [4.69, 9.17) is 10.3 Å². The molecule has 1 amide bonds. The maximum absolute atomic E-state index is 13.7. The van der Waals surface area contributed by atoms with E-state index in [1.807, 2.05) is 59.6 Å². The monoisotopic (exact) mass is 467 g/mol. The first-order valence-electron chi connectivity index (χ1n) is 12.0. The summed E-state index contributed by atoms with van der Waals surface area (Å²) in [5, 5.41) is 8.04. The summed E-state index contributed by atoms with van der Waals surface area (Å²) in [4.78, 5) is 18.8. The number of ether oxygens (including phenoxy) is 1. The van der Waals surface area contributed by atoms with Crippen molar-refractivity contribution in [3.05, 3.63) is 78.5 Å². The lowest BCUT2D eigenvalue weighted by Crippen LogP contribution is -2.32. The average molecular weight is 468 g/mol. The highest BCUT2D eigenvalue weighted by Gasteiger charge is 2.25. The number of carbonyl (C=O) groups is 1. The number of para-hydroxylation sites is 2. The van der Waals surface area contributed by atoms with Crippen LogP contribution < -0.4 is 15.0 Å². The number of hydrogen-bond acceptors (Lipinski definition) is 5. The van der Waals surface area contributed by atoms with Gasteiger partial charge in [0.05, 0.1) is 24.5 Å². The van der Waals surface area contributed by atoms with Crippen LogP contribution in [0.15, 0.2) is 78.0 Å². The van der Waals surface area contributed by atoms with E-state index in [0.717, 1.165) is 39.8 Å². The van der Waals surface area contributed by atoms with Crippen molar-refractivity contribution in [3.63, 3.8) is 0 Å². The molecule has 3 aromatic carbocycles. The summed E-state index contributed by atoms with van der Waals surface area (Å²) in [7, 11) is 0. The van der Waals surface area contributed by atoms with E-state index in [-0.39, 0.29) is 11.9 Å². The van der Waals surface area contributed by atoms with Crippen LogP contribution in [-0.2, 0) is 0 Å². The lowest BCUT2D eigenvalue weighted by atomic mass is 10.0. The van der Waals surface area contributed by atoms with Gasteiger partial charge in [0, 0.05) is 41.8 Å². The van der Waals surface area contributed by atoms with E-state index in [1.165, 1.54) is 0 Å². The SMILES string of the molecule is CC1CCN(C(=O)c2ccc(-c3ccc4[nH]ccc4c3)c(OCCCN=N)c2)c2ccccc2N1. The molecular weight excluding hydrogens is 438 g/mol. The fourth-order valence-corrected chi connectivity index (χ4v) is 4.54. The smallest absolute Gasteiger partial charge is 0.258 e. The van der Waals surface area contributed by atoms with E-state index in [1.54, 1.807) is 0 Å². The Hall–Kier alpha value is -4.13. The second kappa shape index (κ2) is 10.0. The van der Waals surface area contributed by atoms with Crippen LogP contribution in [-0.4, -0.2) is 36.6 Å². The first-order chi connectivity index (χ1) is 17.1. The zero-order chi connectivity index (χ0) is 24.2. The number of aromatic nitrogens is 1. The predicted molar refractivity (Wildman–Crippen MR) is 140 cm³/mol. The Morgan fingerprint density at radius 2 is 2.03 bits per heavy atom. The van der Waals surface area contributed by atoms with Gasteiger partial charge in [-0.1, -0.05) is 18.2 Å². The van der Waals surface area contributed by atoms with Crippen LogP contribution in [0.1, 0.15) is 30.1 Å². The largest absolute Gasteiger partial charge is 0.493 e. The molecule has 0 bridgehead atoms. The first-order valence-corrected chi connectivity index (χ1v) is 12.0. The number of benzene rings is 3. The van der Waals surface area contributed by atoms with Crippen LogP contribution in [0.5, 0.6) is 5.75 Å². The van der Waals surface area contributed by atoms with Crippen molar-refractivity contribution in [3.8, 4) is 16.9 Å². The summed E-state index contributed by atoms with van der Waals surface area (Å²) in [6, 6.07) is 22.2. The normalized spacial score (nSPS) is 15.2. The van der Waals surface area contributed by atoms with E-state index in [9.17, 15) is 4.79 Å². The number of carbonyl (C=O) groups excluding carboxylic acids is 1. The van der Waals surface area contributed by atoms with Crippen LogP contribution in [0.3, 0.4) is 0 Å². The van der Waals surface area contributed by atoms with Crippen molar-refractivity contribution in [2.24, 2.45) is 5.11 Å². The molecule has 3 N–H and O–H groups in total. The highest BCUT2D eigenvalue weighted by Crippen LogP contribution is 2.35. The standard InChI is InChI=1S/C28H29N5O2/c1-19-12-15-33(26-6-3-2-5-25(26)32-19)28(34)22-7-9-23(27(18-22)35-16-4-13-31-29)20-8-10-24-21(17-20)11-14-30-24/h2-3,5-11,14,17-19,29-30,32H,4,12-13,15-16H2,1H3. The third-order valence-corrected chi connectivity index (χ3v) is 6.39. The van der Waals surface area contributed by atoms with Crippen molar-refractivity contribution in [2.45, 2.75) is 25.8 Å². The lowest BCUT2D eigenvalue weighted by molar-refractivity contribution is 0.0986. The number of H-pyrrole nitrogens is 1. The third-order valence-electron chi connectivity index (χ3n) is 6.39. The van der Waals surface area contributed by atoms with Crippen LogP contribution in [0.2, 0.25) is 0 Å². The summed E-state index contributed by atoms with van der Waals surface area (Å²) in [5.74, 6) is 0.609. The average Bonchev–Trinajstić information content (AvgIpc) is 3.28. The van der Waals surface area contributed by atoms with Crippen LogP contribution in [0.4, 0.5) is 11.4 Å². The second-order valence-electron chi connectivity index (χ2n) is 8.88. The molecular formula is C28H29N5O2. The molecule has 1 unspecified atom stereocenters. The molecule has 1 aliphatic heterocycles. The topological polar surface area (TPSA) is 93.6 Å². The third kappa shape index (κ3) is 4.75. The molecule has 7 heteroatoms. The number of anilines is 2. The van der Waals surface area contributed by atoms with Crippen LogP contribution in [0.25, 0.3) is 22.0 Å². The van der Waals surface area contributed by atoms with Gasteiger partial charge in [-0.2, -0.15) is 5.11 Å². The molecule has 0 radical (unpaired) electrons. The molecule has 35 heavy (non-hydrogen) atoms. The Morgan fingerprint density at radius 1 is 1.14 bits per heavy atom. The van der Waals surface area contributed by atoms with Gasteiger partial charge < -0.3 is 19.9 Å². The molecule has 0 aliphatic carbocycles. The van der Waals surface area contributed by atoms with Gasteiger partial charge in [-0.05, 0) is 72.8 Å². The summed E-state index contributed by atoms with van der Waals surface area (Å²) in [5.41, 5.74) is 12.5. The van der Waals surface area contributed by atoms with Gasteiger partial charge in [0.15, 0.2) is 0 Å². The number of nitrogens with zero attached hydrogens (tertiary/aromatic N) is 2. The van der Waals surface area contributed by atoms with Crippen molar-refractivity contribution < 1.29 is 9.53 Å². The van der Waals surface area contributed by atoms with E-state index < -0.39 is 0 Å². The maximum atomic E-state index is 13.7. The minimum atomic E-state index is -0.0491. The maximum Gasteiger partial charge on any atom is 0.258 e. The Morgan fingerprint density at radius 3 is 2.91 bits per heavy atom. The number of amides is 1. The Kier molecular flexibility index (Phi) is 6.48.